The summed E-state index contributed by atoms with van der Waals surface area (Å²) in [4.78, 5) is 4.82. The van der Waals surface area contributed by atoms with Crippen molar-refractivity contribution >= 4 is 0 Å². The predicted octanol–water partition coefficient (Wildman–Crippen LogP) is 5.74. The Morgan fingerprint density at radius 3 is 2.51 bits per heavy atom. The maximum absolute atomic E-state index is 14.2. The minimum Gasteiger partial charge on any atom is -0.494 e. The van der Waals surface area contributed by atoms with Crippen molar-refractivity contribution in [3.63, 3.8) is 0 Å². The van der Waals surface area contributed by atoms with Crippen LogP contribution in [0.2, 0.25) is 0 Å². The number of benzene rings is 3. The standard InChI is InChI=1S/C28H25FN4O4/c1-18-25(32-37-26(18)19-8-5-4-6-9-19)28-30-27(20-10-7-11-22(16-20)36-15-14-34-2)31-33(28)21-12-13-23(29)24(17-21)35-3/h4-13,16-17H,14-15H2,1-3H3. The third-order valence-electron chi connectivity index (χ3n) is 5.81. The number of hydrogen-bond donors (Lipinski definition) is 0. The molecule has 0 saturated carbocycles. The van der Waals surface area contributed by atoms with Crippen molar-refractivity contribution in [2.75, 3.05) is 27.4 Å². The fraction of sp³-hybridized carbons (Fsp3) is 0.179. The van der Waals surface area contributed by atoms with Crippen LogP contribution in [-0.2, 0) is 4.74 Å². The molecule has 0 atom stereocenters. The van der Waals surface area contributed by atoms with Gasteiger partial charge in [0.05, 0.1) is 19.4 Å². The zero-order chi connectivity index (χ0) is 25.8. The molecule has 0 spiro atoms. The Kier molecular flexibility index (Phi) is 6.96. The van der Waals surface area contributed by atoms with Crippen molar-refractivity contribution in [2.24, 2.45) is 0 Å². The van der Waals surface area contributed by atoms with Gasteiger partial charge < -0.3 is 18.7 Å². The van der Waals surface area contributed by atoms with Gasteiger partial charge in [0.1, 0.15) is 12.4 Å². The minimum absolute atomic E-state index is 0.0934. The topological polar surface area (TPSA) is 84.4 Å². The highest BCUT2D eigenvalue weighted by Crippen LogP contribution is 2.34. The Labute approximate surface area is 213 Å². The molecule has 0 unspecified atom stereocenters. The molecule has 9 heteroatoms. The smallest absolute Gasteiger partial charge is 0.186 e. The number of methoxy groups -OCH3 is 2. The van der Waals surface area contributed by atoms with Crippen LogP contribution in [0.25, 0.3) is 39.9 Å². The van der Waals surface area contributed by atoms with Gasteiger partial charge in [-0.3, -0.25) is 0 Å². The van der Waals surface area contributed by atoms with Gasteiger partial charge >= 0.3 is 0 Å². The van der Waals surface area contributed by atoms with Crippen molar-refractivity contribution in [1.29, 1.82) is 0 Å². The Balaban J connectivity index is 1.63. The molecule has 2 heterocycles. The maximum atomic E-state index is 14.2. The van der Waals surface area contributed by atoms with Crippen LogP contribution in [-0.4, -0.2) is 47.4 Å². The number of halogens is 1. The molecule has 0 bridgehead atoms. The van der Waals surface area contributed by atoms with E-state index in [0.29, 0.717) is 47.8 Å². The first kappa shape index (κ1) is 24.2. The summed E-state index contributed by atoms with van der Waals surface area (Å²) in [5.74, 6) is 1.81. The lowest BCUT2D eigenvalue weighted by Crippen LogP contribution is -2.04. The zero-order valence-corrected chi connectivity index (χ0v) is 20.6. The summed E-state index contributed by atoms with van der Waals surface area (Å²) < 4.78 is 37.5. The van der Waals surface area contributed by atoms with Crippen molar-refractivity contribution in [1.82, 2.24) is 19.9 Å². The molecule has 5 aromatic rings. The van der Waals surface area contributed by atoms with E-state index >= 15 is 0 Å². The summed E-state index contributed by atoms with van der Waals surface area (Å²) in [6.07, 6.45) is 0. The first-order valence-corrected chi connectivity index (χ1v) is 11.6. The number of rotatable bonds is 9. The third kappa shape index (κ3) is 4.94. The van der Waals surface area contributed by atoms with E-state index in [1.165, 1.54) is 13.2 Å². The second kappa shape index (κ2) is 10.6. The monoisotopic (exact) mass is 500 g/mol. The van der Waals surface area contributed by atoms with E-state index in [4.69, 9.17) is 28.8 Å². The Morgan fingerprint density at radius 1 is 0.919 bits per heavy atom. The van der Waals surface area contributed by atoms with E-state index in [9.17, 15) is 4.39 Å². The summed E-state index contributed by atoms with van der Waals surface area (Å²) in [6.45, 7) is 2.81. The molecule has 0 radical (unpaired) electrons. The van der Waals surface area contributed by atoms with E-state index in [1.807, 2.05) is 61.5 Å². The molecule has 0 aliphatic rings. The number of nitrogens with zero attached hydrogens (tertiary/aromatic N) is 4. The van der Waals surface area contributed by atoms with Crippen molar-refractivity contribution in [3.8, 4) is 51.4 Å². The molecule has 5 rings (SSSR count). The SMILES string of the molecule is COCCOc1cccc(-c2nc(-c3noc(-c4ccccc4)c3C)n(-c3ccc(F)c(OC)c3)n2)c1. The van der Waals surface area contributed by atoms with Gasteiger partial charge in [0.15, 0.2) is 34.7 Å². The first-order valence-electron chi connectivity index (χ1n) is 11.6. The van der Waals surface area contributed by atoms with Gasteiger partial charge in [0.2, 0.25) is 0 Å². The third-order valence-corrected chi connectivity index (χ3v) is 5.81. The Bertz CT molecular complexity index is 1510. The van der Waals surface area contributed by atoms with Gasteiger partial charge in [-0.15, -0.1) is 5.10 Å². The molecule has 0 N–H and O–H groups in total. The fourth-order valence-corrected chi connectivity index (χ4v) is 3.92. The summed E-state index contributed by atoms with van der Waals surface area (Å²) in [5, 5.41) is 9.10. The van der Waals surface area contributed by atoms with Crippen molar-refractivity contribution in [2.45, 2.75) is 6.92 Å². The average molecular weight is 501 g/mol. The van der Waals surface area contributed by atoms with Crippen LogP contribution in [0.5, 0.6) is 11.5 Å². The van der Waals surface area contributed by atoms with Gasteiger partial charge in [0.25, 0.3) is 0 Å². The number of ether oxygens (including phenoxy) is 3. The molecule has 0 aliphatic carbocycles. The second-order valence-electron chi connectivity index (χ2n) is 8.21. The van der Waals surface area contributed by atoms with Gasteiger partial charge in [0, 0.05) is 29.9 Å². The molecule has 37 heavy (non-hydrogen) atoms. The lowest BCUT2D eigenvalue weighted by Gasteiger charge is -2.08. The van der Waals surface area contributed by atoms with E-state index in [0.717, 1.165) is 16.7 Å². The Morgan fingerprint density at radius 2 is 1.73 bits per heavy atom. The molecular weight excluding hydrogens is 475 g/mol. The van der Waals surface area contributed by atoms with Crippen LogP contribution in [0.1, 0.15) is 5.56 Å². The van der Waals surface area contributed by atoms with Crippen LogP contribution in [0.4, 0.5) is 4.39 Å². The normalized spacial score (nSPS) is 11.0. The number of aromatic nitrogens is 4. The number of hydrogen-bond acceptors (Lipinski definition) is 7. The molecule has 8 nitrogen and oxygen atoms in total. The van der Waals surface area contributed by atoms with Crippen molar-refractivity contribution in [3.05, 3.63) is 84.2 Å². The van der Waals surface area contributed by atoms with E-state index in [2.05, 4.69) is 5.16 Å². The van der Waals surface area contributed by atoms with E-state index in [-0.39, 0.29) is 5.75 Å². The molecule has 2 aromatic heterocycles. The highest BCUT2D eigenvalue weighted by molar-refractivity contribution is 5.71. The van der Waals surface area contributed by atoms with Crippen LogP contribution in [0, 0.1) is 12.7 Å². The molecule has 0 aliphatic heterocycles. The molecule has 0 amide bonds. The van der Waals surface area contributed by atoms with Gasteiger partial charge in [-0.1, -0.05) is 47.6 Å². The van der Waals surface area contributed by atoms with Gasteiger partial charge in [-0.25, -0.2) is 14.1 Å². The summed E-state index contributed by atoms with van der Waals surface area (Å²) in [5.41, 5.74) is 3.52. The van der Waals surface area contributed by atoms with E-state index in [1.54, 1.807) is 23.9 Å². The highest BCUT2D eigenvalue weighted by atomic mass is 19.1. The highest BCUT2D eigenvalue weighted by Gasteiger charge is 2.23. The lowest BCUT2D eigenvalue weighted by molar-refractivity contribution is 0.146. The first-order chi connectivity index (χ1) is 18.1. The van der Waals surface area contributed by atoms with Crippen LogP contribution in [0.15, 0.2) is 77.3 Å². The summed E-state index contributed by atoms with van der Waals surface area (Å²) in [7, 11) is 3.04. The van der Waals surface area contributed by atoms with E-state index < -0.39 is 5.82 Å². The molecule has 3 aromatic carbocycles. The summed E-state index contributed by atoms with van der Waals surface area (Å²) in [6, 6.07) is 21.7. The van der Waals surface area contributed by atoms with Crippen molar-refractivity contribution < 1.29 is 23.1 Å². The Hall–Kier alpha value is -4.50. The quantitative estimate of drug-likeness (QED) is 0.239. The second-order valence-corrected chi connectivity index (χ2v) is 8.21. The maximum Gasteiger partial charge on any atom is 0.186 e. The average Bonchev–Trinajstić information content (AvgIpc) is 3.53. The molecular formula is C28H25FN4O4. The minimum atomic E-state index is -0.474. The van der Waals surface area contributed by atoms with Crippen LogP contribution < -0.4 is 9.47 Å². The zero-order valence-electron chi connectivity index (χ0n) is 20.6. The van der Waals surface area contributed by atoms with Crippen LogP contribution >= 0.6 is 0 Å². The van der Waals surface area contributed by atoms with Gasteiger partial charge in [-0.05, 0) is 31.2 Å². The van der Waals surface area contributed by atoms with Crippen LogP contribution in [0.3, 0.4) is 0 Å². The summed E-state index contributed by atoms with van der Waals surface area (Å²) >= 11 is 0. The molecule has 0 saturated heterocycles. The van der Waals surface area contributed by atoms with Gasteiger partial charge in [-0.2, -0.15) is 0 Å². The largest absolute Gasteiger partial charge is 0.494 e. The molecule has 188 valence electrons. The lowest BCUT2D eigenvalue weighted by atomic mass is 10.1. The molecule has 0 fully saturated rings. The fourth-order valence-electron chi connectivity index (χ4n) is 3.92. The predicted molar refractivity (Wildman–Crippen MR) is 136 cm³/mol.